The summed E-state index contributed by atoms with van der Waals surface area (Å²) < 4.78 is 5.35. The van der Waals surface area contributed by atoms with Gasteiger partial charge in [0, 0.05) is 10.9 Å². The van der Waals surface area contributed by atoms with Gasteiger partial charge in [-0.3, -0.25) is 14.9 Å². The van der Waals surface area contributed by atoms with E-state index in [4.69, 9.17) is 9.57 Å². The second kappa shape index (κ2) is 8.81. The molecule has 6 heteroatoms. The first-order valence-electron chi connectivity index (χ1n) is 8.86. The van der Waals surface area contributed by atoms with E-state index in [-0.39, 0.29) is 11.5 Å². The summed E-state index contributed by atoms with van der Waals surface area (Å²) in [5.74, 6) is 0.348. The number of ether oxygens (including phenoxy) is 1. The molecule has 0 spiro atoms. The summed E-state index contributed by atoms with van der Waals surface area (Å²) in [5.41, 5.74) is 1.11. The quantitative estimate of drug-likeness (QED) is 0.283. The van der Waals surface area contributed by atoms with Crippen LogP contribution in [0.2, 0.25) is 0 Å². The van der Waals surface area contributed by atoms with Gasteiger partial charge in [-0.05, 0) is 49.6 Å². The van der Waals surface area contributed by atoms with Crippen molar-refractivity contribution >= 4 is 34.0 Å². The molecule has 1 N–H and O–H groups in total. The van der Waals surface area contributed by atoms with Crippen LogP contribution in [0.5, 0.6) is 5.75 Å². The molecule has 0 aliphatic carbocycles. The minimum Gasteiger partial charge on any atom is -0.494 e. The SMILES string of the molecule is CCOc1ccc(C(=O)C(C)=NOC(=O)Nc2cccc3ccccc23)cc1. The lowest BCUT2D eigenvalue weighted by Gasteiger charge is -2.07. The summed E-state index contributed by atoms with van der Waals surface area (Å²) in [5, 5.41) is 8.18. The van der Waals surface area contributed by atoms with Gasteiger partial charge in [-0.1, -0.05) is 41.6 Å². The molecule has 142 valence electrons. The molecular weight excluding hydrogens is 356 g/mol. The molecule has 0 atom stereocenters. The number of rotatable bonds is 6. The van der Waals surface area contributed by atoms with Gasteiger partial charge in [0.1, 0.15) is 11.5 Å². The molecule has 0 saturated heterocycles. The maximum atomic E-state index is 12.4. The summed E-state index contributed by atoms with van der Waals surface area (Å²) in [6.45, 7) is 3.92. The number of carbonyl (C=O) groups is 2. The first-order valence-corrected chi connectivity index (χ1v) is 8.86. The molecule has 0 saturated carbocycles. The van der Waals surface area contributed by atoms with Crippen molar-refractivity contribution in [3.8, 4) is 5.75 Å². The van der Waals surface area contributed by atoms with Crippen LogP contribution in [-0.4, -0.2) is 24.2 Å². The van der Waals surface area contributed by atoms with Crippen LogP contribution >= 0.6 is 0 Å². The summed E-state index contributed by atoms with van der Waals surface area (Å²) in [7, 11) is 0. The monoisotopic (exact) mass is 376 g/mol. The van der Waals surface area contributed by atoms with Gasteiger partial charge in [-0.2, -0.15) is 0 Å². The summed E-state index contributed by atoms with van der Waals surface area (Å²) in [6, 6.07) is 19.9. The van der Waals surface area contributed by atoms with Crippen molar-refractivity contribution in [1.82, 2.24) is 0 Å². The van der Waals surface area contributed by atoms with Crippen LogP contribution in [0.15, 0.2) is 71.9 Å². The van der Waals surface area contributed by atoms with Crippen LogP contribution in [0.25, 0.3) is 10.8 Å². The molecule has 0 bridgehead atoms. The Morgan fingerprint density at radius 2 is 1.68 bits per heavy atom. The third-order valence-corrected chi connectivity index (χ3v) is 4.05. The molecule has 3 rings (SSSR count). The summed E-state index contributed by atoms with van der Waals surface area (Å²) >= 11 is 0. The number of nitrogens with one attached hydrogen (secondary N) is 1. The van der Waals surface area contributed by atoms with Gasteiger partial charge in [0.25, 0.3) is 0 Å². The fraction of sp³-hybridized carbons (Fsp3) is 0.136. The number of anilines is 1. The minimum atomic E-state index is -0.768. The highest BCUT2D eigenvalue weighted by Gasteiger charge is 2.12. The van der Waals surface area contributed by atoms with Crippen molar-refractivity contribution in [2.45, 2.75) is 13.8 Å². The van der Waals surface area contributed by atoms with E-state index in [0.29, 0.717) is 23.6 Å². The zero-order valence-electron chi connectivity index (χ0n) is 15.6. The van der Waals surface area contributed by atoms with E-state index in [1.807, 2.05) is 43.3 Å². The van der Waals surface area contributed by atoms with E-state index >= 15 is 0 Å². The average Bonchev–Trinajstić information content (AvgIpc) is 2.72. The second-order valence-corrected chi connectivity index (χ2v) is 5.99. The van der Waals surface area contributed by atoms with Crippen LogP contribution in [0.4, 0.5) is 10.5 Å². The molecule has 1 amide bonds. The fourth-order valence-corrected chi connectivity index (χ4v) is 2.70. The van der Waals surface area contributed by atoms with Crippen LogP contribution in [0.1, 0.15) is 24.2 Å². The minimum absolute atomic E-state index is 0.0669. The normalized spacial score (nSPS) is 11.1. The zero-order chi connectivity index (χ0) is 19.9. The molecule has 28 heavy (non-hydrogen) atoms. The smallest absolute Gasteiger partial charge is 0.437 e. The number of fused-ring (bicyclic) bond motifs is 1. The zero-order valence-corrected chi connectivity index (χ0v) is 15.6. The van der Waals surface area contributed by atoms with Crippen molar-refractivity contribution in [2.24, 2.45) is 5.16 Å². The maximum absolute atomic E-state index is 12.4. The predicted octanol–water partition coefficient (Wildman–Crippen LogP) is 5.05. The molecule has 0 aliphatic heterocycles. The Morgan fingerprint density at radius 1 is 0.964 bits per heavy atom. The number of ketones is 1. The first-order chi connectivity index (χ1) is 13.6. The molecule has 0 radical (unpaired) electrons. The number of nitrogens with zero attached hydrogens (tertiary/aromatic N) is 1. The average molecular weight is 376 g/mol. The number of carbonyl (C=O) groups excluding carboxylic acids is 2. The lowest BCUT2D eigenvalue weighted by atomic mass is 10.1. The number of hydrogen-bond acceptors (Lipinski definition) is 5. The highest BCUT2D eigenvalue weighted by molar-refractivity contribution is 6.45. The van der Waals surface area contributed by atoms with Gasteiger partial charge >= 0.3 is 6.09 Å². The highest BCUT2D eigenvalue weighted by atomic mass is 16.7. The van der Waals surface area contributed by atoms with E-state index in [0.717, 1.165) is 10.8 Å². The number of Topliss-reactive ketones (excluding diaryl/α,β-unsaturated/α-hetero) is 1. The Labute approximate surface area is 162 Å². The van der Waals surface area contributed by atoms with Crippen molar-refractivity contribution in [3.63, 3.8) is 0 Å². The van der Waals surface area contributed by atoms with Gasteiger partial charge in [-0.15, -0.1) is 0 Å². The van der Waals surface area contributed by atoms with Gasteiger partial charge in [-0.25, -0.2) is 4.79 Å². The van der Waals surface area contributed by atoms with Crippen molar-refractivity contribution in [2.75, 3.05) is 11.9 Å². The Morgan fingerprint density at radius 3 is 2.43 bits per heavy atom. The van der Waals surface area contributed by atoms with Gasteiger partial charge in [0.15, 0.2) is 0 Å². The van der Waals surface area contributed by atoms with E-state index < -0.39 is 6.09 Å². The number of benzene rings is 3. The Balaban J connectivity index is 1.65. The van der Waals surface area contributed by atoms with E-state index in [9.17, 15) is 9.59 Å². The van der Waals surface area contributed by atoms with Gasteiger partial charge in [0.2, 0.25) is 5.78 Å². The summed E-state index contributed by atoms with van der Waals surface area (Å²) in [4.78, 5) is 29.3. The van der Waals surface area contributed by atoms with Crippen molar-refractivity contribution < 1.29 is 19.2 Å². The van der Waals surface area contributed by atoms with Crippen LogP contribution < -0.4 is 10.1 Å². The van der Waals surface area contributed by atoms with Crippen molar-refractivity contribution in [1.29, 1.82) is 0 Å². The molecule has 3 aromatic carbocycles. The molecule has 0 fully saturated rings. The van der Waals surface area contributed by atoms with E-state index in [1.165, 1.54) is 6.92 Å². The highest BCUT2D eigenvalue weighted by Crippen LogP contribution is 2.23. The third kappa shape index (κ3) is 4.54. The molecule has 3 aromatic rings. The number of oxime groups is 1. The van der Waals surface area contributed by atoms with Gasteiger partial charge in [0.05, 0.1) is 12.3 Å². The van der Waals surface area contributed by atoms with Crippen LogP contribution in [0, 0.1) is 0 Å². The maximum Gasteiger partial charge on any atom is 0.437 e. The molecule has 0 heterocycles. The Hall–Kier alpha value is -3.67. The Kier molecular flexibility index (Phi) is 6.01. The second-order valence-electron chi connectivity index (χ2n) is 5.99. The van der Waals surface area contributed by atoms with E-state index in [1.54, 1.807) is 30.3 Å². The first kappa shape index (κ1) is 19.1. The lowest BCUT2D eigenvalue weighted by molar-refractivity contribution is 0.105. The molecule has 0 aliphatic rings. The summed E-state index contributed by atoms with van der Waals surface area (Å²) in [6.07, 6.45) is -0.768. The largest absolute Gasteiger partial charge is 0.494 e. The Bertz CT molecular complexity index is 1020. The molecule has 0 aromatic heterocycles. The predicted molar refractivity (Wildman–Crippen MR) is 109 cm³/mol. The fourth-order valence-electron chi connectivity index (χ4n) is 2.70. The molecule has 6 nitrogen and oxygen atoms in total. The van der Waals surface area contributed by atoms with Crippen molar-refractivity contribution in [3.05, 3.63) is 72.3 Å². The molecule has 0 unspecified atom stereocenters. The third-order valence-electron chi connectivity index (χ3n) is 4.05. The van der Waals surface area contributed by atoms with Crippen LogP contribution in [-0.2, 0) is 4.84 Å². The lowest BCUT2D eigenvalue weighted by Crippen LogP contribution is -2.15. The standard InChI is InChI=1S/C22H20N2O4/c1-3-27-18-13-11-17(12-14-18)21(25)15(2)24-28-22(26)23-20-10-6-8-16-7-4-5-9-19(16)20/h4-14H,3H2,1-2H3,(H,23,26). The van der Waals surface area contributed by atoms with E-state index in [2.05, 4.69) is 10.5 Å². The number of hydrogen-bond donors (Lipinski definition) is 1. The van der Waals surface area contributed by atoms with Crippen LogP contribution in [0.3, 0.4) is 0 Å². The number of amides is 1. The topological polar surface area (TPSA) is 77.0 Å². The molecular formula is C22H20N2O4. The van der Waals surface area contributed by atoms with Gasteiger partial charge < -0.3 is 4.74 Å².